The Balaban J connectivity index is 0.000000187. The van der Waals surface area contributed by atoms with Crippen LogP contribution in [0.25, 0.3) is 22.6 Å². The molecule has 2 saturated carbocycles. The van der Waals surface area contributed by atoms with Crippen LogP contribution >= 0.6 is 15.9 Å². The summed E-state index contributed by atoms with van der Waals surface area (Å²) in [6.07, 6.45) is 8.48. The highest BCUT2D eigenvalue weighted by atomic mass is 79.9. The predicted molar refractivity (Wildman–Crippen MR) is 284 cm³/mol. The number of aliphatic hydroxyl groups is 2. The molecule has 2 unspecified atom stereocenters. The van der Waals surface area contributed by atoms with Crippen molar-refractivity contribution in [3.63, 3.8) is 0 Å². The lowest BCUT2D eigenvalue weighted by molar-refractivity contribution is -0.144. The number of esters is 2. The maximum absolute atomic E-state index is 11.5. The number of aromatic nitrogens is 6. The van der Waals surface area contributed by atoms with Gasteiger partial charge in [-0.15, -0.1) is 0 Å². The summed E-state index contributed by atoms with van der Waals surface area (Å²) in [7, 11) is 0. The average molecular weight is 1070 g/mol. The molecule has 3 N–H and O–H groups in total. The lowest BCUT2D eigenvalue weighted by atomic mass is 10.1. The summed E-state index contributed by atoms with van der Waals surface area (Å²) in [6.45, 7) is 14.3. The van der Waals surface area contributed by atoms with Gasteiger partial charge in [-0.3, -0.25) is 9.59 Å². The molecule has 0 spiro atoms. The van der Waals surface area contributed by atoms with Crippen molar-refractivity contribution < 1.29 is 38.3 Å². The fourth-order valence-electron chi connectivity index (χ4n) is 9.57. The zero-order valence-corrected chi connectivity index (χ0v) is 43.5. The van der Waals surface area contributed by atoms with Crippen molar-refractivity contribution in [2.75, 3.05) is 51.3 Å². The van der Waals surface area contributed by atoms with Gasteiger partial charge in [-0.25, -0.2) is 9.97 Å². The zero-order valence-electron chi connectivity index (χ0n) is 42.0. The van der Waals surface area contributed by atoms with Crippen LogP contribution in [0.4, 0.5) is 0 Å². The lowest BCUT2D eigenvalue weighted by Crippen LogP contribution is -2.26. The number of halogens is 1. The fraction of sp³-hybridized carbons (Fsp3) is 0.474. The van der Waals surface area contributed by atoms with Gasteiger partial charge in [0.2, 0.25) is 0 Å². The summed E-state index contributed by atoms with van der Waals surface area (Å²) < 4.78 is 24.5. The van der Waals surface area contributed by atoms with E-state index in [2.05, 4.69) is 74.8 Å². The van der Waals surface area contributed by atoms with Crippen LogP contribution in [0.15, 0.2) is 94.5 Å². The molecule has 2 aromatic carbocycles. The molecule has 0 bridgehead atoms. The molecule has 74 heavy (non-hydrogen) atoms. The van der Waals surface area contributed by atoms with Crippen molar-refractivity contribution in [2.24, 2.45) is 35.5 Å². The first-order valence-corrected chi connectivity index (χ1v) is 26.5. The average Bonchev–Trinajstić information content (AvgIpc) is 4.04. The van der Waals surface area contributed by atoms with Gasteiger partial charge in [-0.2, -0.15) is 0 Å². The van der Waals surface area contributed by atoms with Crippen LogP contribution in [0, 0.1) is 59.2 Å². The Bertz CT molecular complexity index is 2840. The third kappa shape index (κ3) is 14.9. The minimum absolute atomic E-state index is 0. The molecule has 10 rings (SSSR count). The Morgan fingerprint density at radius 1 is 0.716 bits per heavy atom. The van der Waals surface area contributed by atoms with E-state index in [1.165, 1.54) is 0 Å². The van der Waals surface area contributed by atoms with Crippen LogP contribution in [-0.2, 0) is 32.2 Å². The van der Waals surface area contributed by atoms with Crippen LogP contribution in [-0.4, -0.2) is 108 Å². The van der Waals surface area contributed by atoms with Crippen molar-refractivity contribution in [1.29, 1.82) is 0 Å². The number of piperidine rings is 2. The number of hydrogen-bond donors (Lipinski definition) is 3. The van der Waals surface area contributed by atoms with E-state index in [-0.39, 0.29) is 19.4 Å². The molecular weight excluding hydrogens is 1000 g/mol. The molecule has 17 heteroatoms. The number of carbonyl (C=O) groups excluding carboxylic acids is 2. The minimum Gasteiger partial charge on any atom is -0.466 e. The SMILES string of the molecule is C.CCOC(=O)CCCBr.CCOC(=O)CCCN1C[C@@H]2C(C#Cc3ccc(-c4cc(Cn5ccnc5[C@H](C)O)no4)cc3)[C@@H]2C1.C[C@H](O)c1nccn1Cc1cc(-c2ccc(C#CC3[C@H]4CNC[C@@H]34)cc2)on1. The van der Waals surface area contributed by atoms with Crippen molar-refractivity contribution in [1.82, 2.24) is 39.6 Å². The van der Waals surface area contributed by atoms with Gasteiger partial charge in [0.25, 0.3) is 0 Å². The first-order valence-electron chi connectivity index (χ1n) is 25.3. The summed E-state index contributed by atoms with van der Waals surface area (Å²) in [5.74, 6) is 19.9. The van der Waals surface area contributed by atoms with E-state index >= 15 is 0 Å². The molecule has 392 valence electrons. The second-order valence-electron chi connectivity index (χ2n) is 18.9. The Morgan fingerprint density at radius 3 is 1.59 bits per heavy atom. The van der Waals surface area contributed by atoms with E-state index in [0.29, 0.717) is 80.2 Å². The lowest BCUT2D eigenvalue weighted by Gasteiger charge is -2.17. The maximum atomic E-state index is 11.5. The largest absolute Gasteiger partial charge is 0.466 e. The molecule has 2 saturated heterocycles. The Labute approximate surface area is 442 Å². The van der Waals surface area contributed by atoms with Gasteiger partial charge >= 0.3 is 11.9 Å². The van der Waals surface area contributed by atoms with Gasteiger partial charge in [0.15, 0.2) is 11.5 Å². The van der Waals surface area contributed by atoms with Gasteiger partial charge in [0.05, 0.1) is 26.3 Å². The monoisotopic (exact) mass is 1070 g/mol. The molecule has 8 atom stereocenters. The normalized spacial score (nSPS) is 20.5. The quantitative estimate of drug-likeness (QED) is 0.0448. The first-order chi connectivity index (χ1) is 35.5. The van der Waals surface area contributed by atoms with Crippen molar-refractivity contribution in [3.8, 4) is 46.3 Å². The molecule has 16 nitrogen and oxygen atoms in total. The first kappa shape index (κ1) is 55.4. The predicted octanol–water partition coefficient (Wildman–Crippen LogP) is 8.33. The number of aliphatic hydroxyl groups excluding tert-OH is 2. The molecule has 4 fully saturated rings. The van der Waals surface area contributed by atoms with E-state index in [4.69, 9.17) is 13.8 Å². The number of benzene rings is 2. The highest BCUT2D eigenvalue weighted by Gasteiger charge is 2.54. The maximum Gasteiger partial charge on any atom is 0.305 e. The van der Waals surface area contributed by atoms with Crippen LogP contribution in [0.3, 0.4) is 0 Å². The Hall–Kier alpha value is -6.34. The third-order valence-corrected chi connectivity index (χ3v) is 14.0. The van der Waals surface area contributed by atoms with Crippen LogP contribution < -0.4 is 5.32 Å². The number of hydrogen-bond acceptors (Lipinski definition) is 14. The summed E-state index contributed by atoms with van der Waals surface area (Å²) in [5, 5.41) is 32.2. The second-order valence-corrected chi connectivity index (χ2v) is 19.7. The highest BCUT2D eigenvalue weighted by molar-refractivity contribution is 9.09. The van der Waals surface area contributed by atoms with Gasteiger partial charge < -0.3 is 48.1 Å². The van der Waals surface area contributed by atoms with E-state index in [9.17, 15) is 19.8 Å². The number of imidazole rings is 2. The Kier molecular flexibility index (Phi) is 20.0. The molecule has 4 aromatic heterocycles. The number of carbonyl (C=O) groups is 2. The minimum atomic E-state index is -0.642. The molecule has 6 heterocycles. The molecule has 2 aliphatic carbocycles. The third-order valence-electron chi connectivity index (χ3n) is 13.5. The van der Waals surface area contributed by atoms with Gasteiger partial charge in [0, 0.05) is 102 Å². The highest BCUT2D eigenvalue weighted by Crippen LogP contribution is 2.51. The second kappa shape index (κ2) is 26.7. The number of likely N-dealkylation sites (tertiary alicyclic amines) is 1. The number of rotatable bonds is 17. The number of fused-ring (bicyclic) bond motifs is 2. The van der Waals surface area contributed by atoms with Crippen LogP contribution in [0.1, 0.15) is 107 Å². The summed E-state index contributed by atoms with van der Waals surface area (Å²) in [5.41, 5.74) is 5.49. The fourth-order valence-corrected chi connectivity index (χ4v) is 9.85. The van der Waals surface area contributed by atoms with E-state index in [0.717, 1.165) is 102 Å². The molecule has 0 radical (unpaired) electrons. The van der Waals surface area contributed by atoms with Gasteiger partial charge in [-0.1, -0.05) is 57.4 Å². The van der Waals surface area contributed by atoms with E-state index in [1.807, 2.05) is 96.0 Å². The molecule has 0 amide bonds. The molecule has 4 aliphatic rings. The number of nitrogens with zero attached hydrogens (tertiary/aromatic N) is 7. The number of nitrogens with one attached hydrogen (secondary N) is 1. The summed E-state index contributed by atoms with van der Waals surface area (Å²) in [4.78, 5) is 32.9. The molecular formula is C57H69BrN8O8. The van der Waals surface area contributed by atoms with Crippen LogP contribution in [0.5, 0.6) is 0 Å². The van der Waals surface area contributed by atoms with E-state index in [1.54, 1.807) is 26.2 Å². The topological polar surface area (TPSA) is 196 Å². The molecule has 2 aliphatic heterocycles. The Morgan fingerprint density at radius 2 is 1.16 bits per heavy atom. The van der Waals surface area contributed by atoms with Crippen molar-refractivity contribution in [3.05, 3.63) is 120 Å². The number of alkyl halides is 1. The summed E-state index contributed by atoms with van der Waals surface area (Å²) in [6, 6.07) is 20.0. The zero-order chi connectivity index (χ0) is 51.3. The number of ether oxygens (including phenoxy) is 2. The van der Waals surface area contributed by atoms with E-state index < -0.39 is 12.2 Å². The smallest absolute Gasteiger partial charge is 0.305 e. The standard InChI is InChI=1S/C28H32N4O4.C22H22N4O2.C6H11BrO2.CH4/c1-3-35-27(34)5-4-13-31-17-24-23(25(24)18-31)11-8-20-6-9-21(10-7-20)26-15-22(30-36-26)16-32-14-12-29-28(32)19(2)33;1-14(27)22-24-8-9-26(22)13-17-10-21(28-25-17)16-5-2-15(3-6-16)4-7-18-19-11-23-12-20(18)19;1-2-9-6(8)4-3-5-7;/h6-7,9-10,12,14-15,19,23-25,33H,3-5,13,16-18H2,1-2H3;2-3,5-6,8-10,14,18-20,23,27H,11-13H2,1H3;2-5H2,1H3;1H4/t19-,23?,24-,25+;14-,18?,19-,20+;;/m00../s1. The van der Waals surface area contributed by atoms with Crippen molar-refractivity contribution >= 4 is 27.9 Å². The van der Waals surface area contributed by atoms with Crippen LogP contribution in [0.2, 0.25) is 0 Å². The van der Waals surface area contributed by atoms with Crippen molar-refractivity contribution in [2.45, 2.75) is 86.1 Å². The van der Waals surface area contributed by atoms with Gasteiger partial charge in [0.1, 0.15) is 35.2 Å². The molecule has 6 aromatic rings. The van der Waals surface area contributed by atoms with Gasteiger partial charge in [-0.05, 0) is 132 Å². The summed E-state index contributed by atoms with van der Waals surface area (Å²) >= 11 is 3.22.